The first kappa shape index (κ1) is 49.5. The van der Waals surface area contributed by atoms with E-state index in [-0.39, 0.29) is 55.5 Å². The molecule has 8 nitrogen and oxygen atoms in total. The van der Waals surface area contributed by atoms with E-state index in [1.54, 1.807) is 21.1 Å². The van der Waals surface area contributed by atoms with Crippen molar-refractivity contribution in [3.8, 4) is 0 Å². The number of hydrogen-bond donors (Lipinski definition) is 0. The summed E-state index contributed by atoms with van der Waals surface area (Å²) in [7, 11) is 5.36. The summed E-state index contributed by atoms with van der Waals surface area (Å²) in [5, 5.41) is 11.6. The standard InChI is InChI=1S/C45H73NO7/c1-6-8-10-12-14-16-17-18-19-20-21-22-23-24-25-26-27-28-30-31-33-35-43(47)52-40-41(39-51-38-37-42(45(49)50)46(3,4)5)53-44(48)36-34-32-29-15-13-11-9-7-2/h8,10,14,16,18-19,21-22,24-25,27-29,32,41-42H,6-7,9,11-13,15,17,20,23,26,30-31,33-40H2,1-5H3/b10-8+,16-14+,19-18+,22-21+,25-24+,28-27+,32-29+. The Labute approximate surface area is 323 Å². The smallest absolute Gasteiger partial charge is 0.306 e. The Kier molecular flexibility index (Phi) is 33.2. The first-order valence-corrected chi connectivity index (χ1v) is 20.1. The van der Waals surface area contributed by atoms with E-state index in [0.29, 0.717) is 12.8 Å². The fourth-order valence-electron chi connectivity index (χ4n) is 5.15. The Morgan fingerprint density at radius 2 is 1.09 bits per heavy atom. The highest BCUT2D eigenvalue weighted by atomic mass is 16.6. The minimum Gasteiger partial charge on any atom is -0.544 e. The normalized spacial score (nSPS) is 13.9. The van der Waals surface area contributed by atoms with Crippen LogP contribution in [-0.4, -0.2) is 75.5 Å². The molecule has 2 unspecified atom stereocenters. The summed E-state index contributed by atoms with van der Waals surface area (Å²) in [6, 6.07) is -0.740. The average Bonchev–Trinajstić information content (AvgIpc) is 3.11. The molecular formula is C45H73NO7. The molecule has 0 aromatic carbocycles. The first-order chi connectivity index (χ1) is 25.6. The fraction of sp³-hybridized carbons (Fsp3) is 0.622. The highest BCUT2D eigenvalue weighted by molar-refractivity contribution is 5.70. The van der Waals surface area contributed by atoms with E-state index in [9.17, 15) is 19.5 Å². The Bertz CT molecular complexity index is 1140. The van der Waals surface area contributed by atoms with Crippen LogP contribution in [0.3, 0.4) is 0 Å². The Morgan fingerprint density at radius 1 is 0.585 bits per heavy atom. The number of carbonyl (C=O) groups excluding carboxylic acids is 3. The van der Waals surface area contributed by atoms with Gasteiger partial charge in [-0.15, -0.1) is 0 Å². The van der Waals surface area contributed by atoms with E-state index < -0.39 is 18.1 Å². The number of aliphatic carboxylic acids is 1. The molecule has 0 radical (unpaired) electrons. The zero-order valence-corrected chi connectivity index (χ0v) is 33.9. The lowest BCUT2D eigenvalue weighted by atomic mass is 10.1. The molecule has 0 saturated heterocycles. The van der Waals surface area contributed by atoms with Gasteiger partial charge in [0.05, 0.1) is 40.3 Å². The van der Waals surface area contributed by atoms with E-state index in [1.165, 1.54) is 19.3 Å². The Balaban J connectivity index is 4.42. The second-order valence-electron chi connectivity index (χ2n) is 14.1. The third kappa shape index (κ3) is 34.1. The molecule has 2 atom stereocenters. The van der Waals surface area contributed by atoms with Crippen LogP contribution in [0.5, 0.6) is 0 Å². The van der Waals surface area contributed by atoms with E-state index >= 15 is 0 Å². The Morgan fingerprint density at radius 3 is 1.62 bits per heavy atom. The predicted molar refractivity (Wildman–Crippen MR) is 217 cm³/mol. The molecule has 0 heterocycles. The molecule has 0 aromatic rings. The van der Waals surface area contributed by atoms with Gasteiger partial charge < -0.3 is 28.6 Å². The van der Waals surface area contributed by atoms with Gasteiger partial charge in [-0.1, -0.05) is 118 Å². The predicted octanol–water partition coefficient (Wildman–Crippen LogP) is 9.24. The minimum absolute atomic E-state index is 0.00583. The lowest BCUT2D eigenvalue weighted by Gasteiger charge is -2.34. The zero-order chi connectivity index (χ0) is 39.3. The molecule has 0 aliphatic heterocycles. The number of carboxylic acid groups (broad SMARTS) is 1. The largest absolute Gasteiger partial charge is 0.544 e. The van der Waals surface area contributed by atoms with E-state index in [1.807, 2.05) is 6.08 Å². The zero-order valence-electron chi connectivity index (χ0n) is 33.9. The van der Waals surface area contributed by atoms with Crippen LogP contribution < -0.4 is 5.11 Å². The van der Waals surface area contributed by atoms with Crippen LogP contribution in [0, 0.1) is 0 Å². The SMILES string of the molecule is CC/C=C/C/C=C/C/C=C/C/C=C/C/C=C/C/C=C/CCCCC(=O)OCC(COCCC(C(=O)[O-])[N+](C)(C)C)OC(=O)CC/C=C/CCCCCC. The second-order valence-corrected chi connectivity index (χ2v) is 14.1. The summed E-state index contributed by atoms with van der Waals surface area (Å²) < 4.78 is 17.0. The van der Waals surface area contributed by atoms with Crippen LogP contribution in [0.1, 0.15) is 129 Å². The van der Waals surface area contributed by atoms with Gasteiger partial charge in [0.15, 0.2) is 6.10 Å². The van der Waals surface area contributed by atoms with Gasteiger partial charge in [0.1, 0.15) is 12.6 Å². The number of carbonyl (C=O) groups is 3. The third-order valence-corrected chi connectivity index (χ3v) is 8.28. The minimum atomic E-state index is -1.14. The summed E-state index contributed by atoms with van der Waals surface area (Å²) in [4.78, 5) is 36.6. The van der Waals surface area contributed by atoms with Crippen LogP contribution in [0.25, 0.3) is 0 Å². The van der Waals surface area contributed by atoms with Crippen LogP contribution in [0.15, 0.2) is 85.1 Å². The quantitative estimate of drug-likeness (QED) is 0.0281. The number of esters is 2. The van der Waals surface area contributed by atoms with Gasteiger partial charge in [-0.3, -0.25) is 9.59 Å². The molecule has 0 aliphatic carbocycles. The van der Waals surface area contributed by atoms with Crippen LogP contribution in [0.4, 0.5) is 0 Å². The summed E-state index contributed by atoms with van der Waals surface area (Å²) in [5.74, 6) is -1.88. The molecule has 53 heavy (non-hydrogen) atoms. The summed E-state index contributed by atoms with van der Waals surface area (Å²) >= 11 is 0. The molecule has 0 rings (SSSR count). The molecule has 0 fully saturated rings. The summed E-state index contributed by atoms with van der Waals surface area (Å²) in [6.07, 6.45) is 45.0. The van der Waals surface area contributed by atoms with Gasteiger partial charge in [0, 0.05) is 19.3 Å². The van der Waals surface area contributed by atoms with Crippen molar-refractivity contribution in [3.05, 3.63) is 85.1 Å². The maximum absolute atomic E-state index is 12.5. The highest BCUT2D eigenvalue weighted by Gasteiger charge is 2.25. The van der Waals surface area contributed by atoms with Crippen molar-refractivity contribution in [3.63, 3.8) is 0 Å². The summed E-state index contributed by atoms with van der Waals surface area (Å²) in [6.45, 7) is 4.38. The summed E-state index contributed by atoms with van der Waals surface area (Å²) in [5.41, 5.74) is 0. The number of carboxylic acids is 1. The van der Waals surface area contributed by atoms with Crippen molar-refractivity contribution in [2.24, 2.45) is 0 Å². The van der Waals surface area contributed by atoms with Gasteiger partial charge in [-0.25, -0.2) is 0 Å². The van der Waals surface area contributed by atoms with Gasteiger partial charge in [-0.2, -0.15) is 0 Å². The topological polar surface area (TPSA) is 102 Å². The van der Waals surface area contributed by atoms with Crippen LogP contribution >= 0.6 is 0 Å². The number of quaternary nitrogens is 1. The van der Waals surface area contributed by atoms with Gasteiger partial charge in [0.25, 0.3) is 0 Å². The number of hydrogen-bond acceptors (Lipinski definition) is 7. The van der Waals surface area contributed by atoms with Crippen molar-refractivity contribution >= 4 is 17.9 Å². The second kappa shape index (κ2) is 35.5. The number of rotatable bonds is 34. The molecule has 0 spiro atoms. The molecule has 300 valence electrons. The first-order valence-electron chi connectivity index (χ1n) is 20.1. The highest BCUT2D eigenvalue weighted by Crippen LogP contribution is 2.10. The number of unbranched alkanes of at least 4 members (excludes halogenated alkanes) is 6. The maximum Gasteiger partial charge on any atom is 0.306 e. The molecule has 0 saturated carbocycles. The van der Waals surface area contributed by atoms with E-state index in [0.717, 1.165) is 64.2 Å². The van der Waals surface area contributed by atoms with Crippen molar-refractivity contribution in [2.75, 3.05) is 41.0 Å². The van der Waals surface area contributed by atoms with Crippen molar-refractivity contribution in [2.45, 2.75) is 142 Å². The van der Waals surface area contributed by atoms with Crippen LogP contribution in [-0.2, 0) is 28.6 Å². The van der Waals surface area contributed by atoms with E-state index in [4.69, 9.17) is 14.2 Å². The number of nitrogens with zero attached hydrogens (tertiary/aromatic N) is 1. The van der Waals surface area contributed by atoms with E-state index in [2.05, 4.69) is 92.8 Å². The van der Waals surface area contributed by atoms with Gasteiger partial charge in [0.2, 0.25) is 0 Å². The number of ether oxygens (including phenoxy) is 3. The molecule has 0 aromatic heterocycles. The van der Waals surface area contributed by atoms with Gasteiger partial charge in [-0.05, 0) is 77.0 Å². The molecule has 0 aliphatic rings. The van der Waals surface area contributed by atoms with Crippen molar-refractivity contribution < 1.29 is 38.2 Å². The number of allylic oxidation sites excluding steroid dienone is 14. The molecule has 0 amide bonds. The molecule has 8 heteroatoms. The maximum atomic E-state index is 12.5. The van der Waals surface area contributed by atoms with Gasteiger partial charge >= 0.3 is 11.9 Å². The number of likely N-dealkylation sites (N-methyl/N-ethyl adjacent to an activating group) is 1. The monoisotopic (exact) mass is 740 g/mol. The Hall–Kier alpha value is -3.49. The molecular weight excluding hydrogens is 666 g/mol. The van der Waals surface area contributed by atoms with Crippen molar-refractivity contribution in [1.29, 1.82) is 0 Å². The average molecular weight is 740 g/mol. The van der Waals surface area contributed by atoms with Crippen LogP contribution in [0.2, 0.25) is 0 Å². The third-order valence-electron chi connectivity index (χ3n) is 8.28. The lowest BCUT2D eigenvalue weighted by molar-refractivity contribution is -0.889. The van der Waals surface area contributed by atoms with Crippen molar-refractivity contribution in [1.82, 2.24) is 0 Å². The fourth-order valence-corrected chi connectivity index (χ4v) is 5.15. The molecule has 0 bridgehead atoms. The molecule has 0 N–H and O–H groups in total. The lowest BCUT2D eigenvalue weighted by Crippen LogP contribution is -2.55.